The average Bonchev–Trinajstić information content (AvgIpc) is 1.89. The quantitative estimate of drug-likeness (QED) is 0.550. The van der Waals surface area contributed by atoms with Crippen molar-refractivity contribution in [3.05, 3.63) is 0 Å². The van der Waals surface area contributed by atoms with Crippen LogP contribution >= 0.6 is 0 Å². The normalized spacial score (nSPS) is 10.0. The monoisotopic (exact) mass is 132 g/mol. The van der Waals surface area contributed by atoms with Crippen LogP contribution in [0.4, 0.5) is 0 Å². The number of unbranched alkanes of at least 4 members (excludes halogenated alkanes) is 2. The summed E-state index contributed by atoms with van der Waals surface area (Å²) in [5.74, 6) is 0. The van der Waals surface area contributed by atoms with Crippen LogP contribution in [-0.4, -0.2) is 24.9 Å². The molecule has 0 bridgehead atoms. The predicted octanol–water partition coefficient (Wildman–Crippen LogP) is 1.19. The van der Waals surface area contributed by atoms with Crippen molar-refractivity contribution < 1.29 is 9.84 Å². The zero-order valence-electron chi connectivity index (χ0n) is 6.10. The van der Waals surface area contributed by atoms with Crippen molar-refractivity contribution in [1.29, 1.82) is 0 Å². The van der Waals surface area contributed by atoms with Gasteiger partial charge in [-0.25, -0.2) is 0 Å². The summed E-state index contributed by atoms with van der Waals surface area (Å²) in [6.07, 6.45) is 3.07. The van der Waals surface area contributed by atoms with Crippen molar-refractivity contribution in [1.82, 2.24) is 0 Å². The molecule has 0 spiro atoms. The molecule has 2 nitrogen and oxygen atoms in total. The molecule has 0 aliphatic carbocycles. The van der Waals surface area contributed by atoms with Gasteiger partial charge in [0.1, 0.15) is 0 Å². The molecular weight excluding hydrogens is 116 g/mol. The molecule has 0 fully saturated rings. The van der Waals surface area contributed by atoms with Gasteiger partial charge in [0, 0.05) is 19.8 Å². The molecule has 0 unspecified atom stereocenters. The first-order valence-corrected chi connectivity index (χ1v) is 3.60. The second-order valence-corrected chi connectivity index (χ2v) is 1.98. The van der Waals surface area contributed by atoms with Crippen LogP contribution in [0, 0.1) is 0 Å². The molecule has 0 radical (unpaired) electrons. The number of aliphatic hydroxyl groups excluding tert-OH is 1. The molecule has 2 heteroatoms. The third kappa shape index (κ3) is 7.92. The van der Waals surface area contributed by atoms with Gasteiger partial charge in [0.05, 0.1) is 0 Å². The lowest BCUT2D eigenvalue weighted by molar-refractivity contribution is 0.141. The van der Waals surface area contributed by atoms with Crippen LogP contribution in [0.25, 0.3) is 0 Å². The Labute approximate surface area is 56.8 Å². The Kier molecular flexibility index (Phi) is 7.85. The number of rotatable bonds is 6. The van der Waals surface area contributed by atoms with Crippen LogP contribution in [0.5, 0.6) is 0 Å². The third-order valence-corrected chi connectivity index (χ3v) is 1.15. The van der Waals surface area contributed by atoms with Crippen LogP contribution < -0.4 is 0 Å². The fourth-order valence-corrected chi connectivity index (χ4v) is 0.637. The lowest BCUT2D eigenvalue weighted by atomic mass is 10.2. The molecule has 0 aromatic carbocycles. The minimum atomic E-state index is 0.312. The molecule has 9 heavy (non-hydrogen) atoms. The first kappa shape index (κ1) is 8.92. The largest absolute Gasteiger partial charge is 0.396 e. The van der Waals surface area contributed by atoms with E-state index in [1.807, 2.05) is 6.92 Å². The van der Waals surface area contributed by atoms with Crippen molar-refractivity contribution in [2.45, 2.75) is 26.2 Å². The summed E-state index contributed by atoms with van der Waals surface area (Å²) < 4.78 is 5.10. The van der Waals surface area contributed by atoms with Crippen LogP contribution in [0.3, 0.4) is 0 Å². The fraction of sp³-hybridized carbons (Fsp3) is 1.00. The van der Waals surface area contributed by atoms with E-state index in [0.717, 1.165) is 32.5 Å². The van der Waals surface area contributed by atoms with Crippen molar-refractivity contribution in [3.8, 4) is 0 Å². The van der Waals surface area contributed by atoms with Gasteiger partial charge in [-0.15, -0.1) is 0 Å². The Hall–Kier alpha value is -0.0800. The van der Waals surface area contributed by atoms with Gasteiger partial charge in [0.15, 0.2) is 0 Å². The van der Waals surface area contributed by atoms with Crippen molar-refractivity contribution >= 4 is 0 Å². The number of hydrogen-bond donors (Lipinski definition) is 1. The molecule has 0 aromatic heterocycles. The van der Waals surface area contributed by atoms with Gasteiger partial charge in [0.25, 0.3) is 0 Å². The maximum Gasteiger partial charge on any atom is 0.0465 e. The summed E-state index contributed by atoms with van der Waals surface area (Å²) in [5, 5.41) is 8.38. The smallest absolute Gasteiger partial charge is 0.0465 e. The summed E-state index contributed by atoms with van der Waals surface area (Å²) in [5.41, 5.74) is 0. The molecule has 0 aliphatic rings. The molecule has 0 heterocycles. The van der Waals surface area contributed by atoms with E-state index in [9.17, 15) is 0 Å². The van der Waals surface area contributed by atoms with Crippen molar-refractivity contribution in [3.63, 3.8) is 0 Å². The first-order chi connectivity index (χ1) is 4.41. The Morgan fingerprint density at radius 2 is 2.00 bits per heavy atom. The van der Waals surface area contributed by atoms with Gasteiger partial charge in [-0.2, -0.15) is 0 Å². The lowest BCUT2D eigenvalue weighted by Gasteiger charge is -1.98. The highest BCUT2D eigenvalue weighted by atomic mass is 16.5. The fourth-order valence-electron chi connectivity index (χ4n) is 0.637. The van der Waals surface area contributed by atoms with E-state index in [1.165, 1.54) is 0 Å². The molecular formula is C7H16O2. The van der Waals surface area contributed by atoms with E-state index in [4.69, 9.17) is 9.84 Å². The summed E-state index contributed by atoms with van der Waals surface area (Å²) in [6.45, 7) is 3.95. The van der Waals surface area contributed by atoms with Gasteiger partial charge in [-0.3, -0.25) is 0 Å². The van der Waals surface area contributed by atoms with Crippen molar-refractivity contribution in [2.75, 3.05) is 19.8 Å². The Balaban J connectivity index is 2.60. The van der Waals surface area contributed by atoms with E-state index in [1.54, 1.807) is 0 Å². The summed E-state index contributed by atoms with van der Waals surface area (Å²) in [4.78, 5) is 0. The van der Waals surface area contributed by atoms with Crippen LogP contribution in [-0.2, 0) is 4.74 Å². The Morgan fingerprint density at radius 3 is 2.56 bits per heavy atom. The predicted molar refractivity (Wildman–Crippen MR) is 37.4 cm³/mol. The topological polar surface area (TPSA) is 29.5 Å². The molecule has 0 aromatic rings. The molecule has 0 amide bonds. The van der Waals surface area contributed by atoms with E-state index in [-0.39, 0.29) is 0 Å². The summed E-state index contributed by atoms with van der Waals surface area (Å²) in [7, 11) is 0. The third-order valence-electron chi connectivity index (χ3n) is 1.15. The van der Waals surface area contributed by atoms with Gasteiger partial charge < -0.3 is 9.84 Å². The lowest BCUT2D eigenvalue weighted by Crippen LogP contribution is -1.93. The highest BCUT2D eigenvalue weighted by molar-refractivity contribution is 4.37. The van der Waals surface area contributed by atoms with E-state index < -0.39 is 0 Å². The summed E-state index contributed by atoms with van der Waals surface area (Å²) >= 11 is 0. The second-order valence-electron chi connectivity index (χ2n) is 1.98. The molecule has 0 saturated heterocycles. The zero-order valence-corrected chi connectivity index (χ0v) is 6.10. The minimum absolute atomic E-state index is 0.312. The molecule has 0 atom stereocenters. The van der Waals surface area contributed by atoms with Crippen LogP contribution in [0.1, 0.15) is 26.2 Å². The van der Waals surface area contributed by atoms with Gasteiger partial charge in [0.2, 0.25) is 0 Å². The van der Waals surface area contributed by atoms with Crippen molar-refractivity contribution in [2.24, 2.45) is 0 Å². The molecule has 56 valence electrons. The van der Waals surface area contributed by atoms with Gasteiger partial charge >= 0.3 is 0 Å². The number of hydrogen-bond acceptors (Lipinski definition) is 2. The summed E-state index contributed by atoms with van der Waals surface area (Å²) in [6, 6.07) is 0. The molecule has 1 N–H and O–H groups in total. The standard InChI is InChI=1S/C7H16O2/c1-2-9-7-5-3-4-6-8/h8H,2-7H2,1H3. The maximum atomic E-state index is 8.38. The first-order valence-electron chi connectivity index (χ1n) is 3.60. The highest BCUT2D eigenvalue weighted by Gasteiger charge is 1.85. The SMILES string of the molecule is CCOCCCCCO. The molecule has 0 saturated carbocycles. The van der Waals surface area contributed by atoms with E-state index in [0.29, 0.717) is 6.61 Å². The minimum Gasteiger partial charge on any atom is -0.396 e. The van der Waals surface area contributed by atoms with E-state index >= 15 is 0 Å². The average molecular weight is 132 g/mol. The van der Waals surface area contributed by atoms with Crippen LogP contribution in [0.15, 0.2) is 0 Å². The van der Waals surface area contributed by atoms with Gasteiger partial charge in [-0.1, -0.05) is 0 Å². The Morgan fingerprint density at radius 1 is 1.22 bits per heavy atom. The maximum absolute atomic E-state index is 8.38. The Bertz CT molecular complexity index is 40.2. The van der Waals surface area contributed by atoms with Crippen LogP contribution in [0.2, 0.25) is 0 Å². The number of ether oxygens (including phenoxy) is 1. The number of aliphatic hydroxyl groups is 1. The second kappa shape index (κ2) is 7.92. The van der Waals surface area contributed by atoms with Gasteiger partial charge in [-0.05, 0) is 26.2 Å². The molecule has 0 rings (SSSR count). The van der Waals surface area contributed by atoms with E-state index in [2.05, 4.69) is 0 Å². The molecule has 0 aliphatic heterocycles. The zero-order chi connectivity index (χ0) is 6.95. The highest BCUT2D eigenvalue weighted by Crippen LogP contribution is 1.93.